The lowest BCUT2D eigenvalue weighted by atomic mass is 9.99. The van der Waals surface area contributed by atoms with E-state index in [1.54, 1.807) is 11.3 Å². The number of hydrogen-bond donors (Lipinski definition) is 1. The van der Waals surface area contributed by atoms with Gasteiger partial charge in [-0.25, -0.2) is 4.98 Å². The van der Waals surface area contributed by atoms with E-state index < -0.39 is 0 Å². The van der Waals surface area contributed by atoms with Crippen LogP contribution in [0.4, 0.5) is 17.2 Å². The quantitative estimate of drug-likeness (QED) is 0.565. The van der Waals surface area contributed by atoms with Crippen LogP contribution in [0.25, 0.3) is 10.2 Å². The van der Waals surface area contributed by atoms with E-state index in [-0.39, 0.29) is 5.28 Å². The summed E-state index contributed by atoms with van der Waals surface area (Å²) in [6.45, 7) is 8.84. The van der Waals surface area contributed by atoms with Crippen molar-refractivity contribution < 1.29 is 0 Å². The van der Waals surface area contributed by atoms with Crippen LogP contribution < -0.4 is 10.2 Å². The third kappa shape index (κ3) is 3.38. The maximum Gasteiger partial charge on any atom is 0.225 e. The summed E-state index contributed by atoms with van der Waals surface area (Å²) in [6.07, 6.45) is 2.54. The number of nitrogens with zero attached hydrogens (tertiary/aromatic N) is 3. The molecule has 0 spiro atoms. The van der Waals surface area contributed by atoms with Crippen molar-refractivity contribution in [2.45, 2.75) is 33.6 Å². The fraction of sp³-hybridized carbons (Fsp3) is 0.400. The van der Waals surface area contributed by atoms with E-state index in [0.717, 1.165) is 40.7 Å². The van der Waals surface area contributed by atoms with Gasteiger partial charge in [0.25, 0.3) is 0 Å². The summed E-state index contributed by atoms with van der Waals surface area (Å²) in [5, 5.41) is 4.77. The minimum Gasteiger partial charge on any atom is -0.372 e. The molecule has 0 atom stereocenters. The number of nitrogens with one attached hydrogen (secondary N) is 1. The van der Waals surface area contributed by atoms with Gasteiger partial charge in [-0.05, 0) is 74.0 Å². The lowest BCUT2D eigenvalue weighted by Gasteiger charge is -2.32. The minimum absolute atomic E-state index is 0.278. The monoisotopic (exact) mass is 386 g/mol. The molecule has 3 aromatic rings. The number of hydrogen-bond acceptors (Lipinski definition) is 5. The maximum atomic E-state index is 6.13. The van der Waals surface area contributed by atoms with Gasteiger partial charge in [-0.15, -0.1) is 11.3 Å². The highest BCUT2D eigenvalue weighted by Crippen LogP contribution is 2.35. The van der Waals surface area contributed by atoms with Crippen LogP contribution in [0.2, 0.25) is 5.28 Å². The third-order valence-corrected chi connectivity index (χ3v) is 6.55. The number of thiophene rings is 1. The molecule has 0 bridgehead atoms. The number of aromatic nitrogens is 2. The van der Waals surface area contributed by atoms with Crippen LogP contribution in [0, 0.1) is 19.8 Å². The molecular formula is C20H23ClN4S. The average molecular weight is 387 g/mol. The topological polar surface area (TPSA) is 41.1 Å². The van der Waals surface area contributed by atoms with E-state index in [9.17, 15) is 0 Å². The fourth-order valence-electron chi connectivity index (χ4n) is 3.47. The van der Waals surface area contributed by atoms with Crippen molar-refractivity contribution in [3.63, 3.8) is 0 Å². The molecule has 1 N–H and O–H groups in total. The molecular weight excluding hydrogens is 364 g/mol. The van der Waals surface area contributed by atoms with Gasteiger partial charge in [-0.2, -0.15) is 4.98 Å². The Morgan fingerprint density at radius 2 is 1.81 bits per heavy atom. The van der Waals surface area contributed by atoms with Crippen LogP contribution in [0.1, 0.15) is 30.2 Å². The Labute approximate surface area is 163 Å². The van der Waals surface area contributed by atoms with Crippen molar-refractivity contribution in [3.8, 4) is 0 Å². The first kappa shape index (κ1) is 17.6. The Balaban J connectivity index is 1.59. The normalized spacial score (nSPS) is 15.6. The molecule has 1 fully saturated rings. The van der Waals surface area contributed by atoms with Crippen LogP contribution in [0.15, 0.2) is 24.3 Å². The highest BCUT2D eigenvalue weighted by Gasteiger charge is 2.17. The number of anilines is 3. The summed E-state index contributed by atoms with van der Waals surface area (Å²) < 4.78 is 0. The van der Waals surface area contributed by atoms with E-state index in [4.69, 9.17) is 11.6 Å². The van der Waals surface area contributed by atoms with Gasteiger partial charge in [0, 0.05) is 29.3 Å². The summed E-state index contributed by atoms with van der Waals surface area (Å²) >= 11 is 7.78. The fourth-order valence-corrected chi connectivity index (χ4v) is 4.72. The molecule has 3 heterocycles. The highest BCUT2D eigenvalue weighted by molar-refractivity contribution is 7.18. The number of halogens is 1. The van der Waals surface area contributed by atoms with Gasteiger partial charge < -0.3 is 10.2 Å². The van der Waals surface area contributed by atoms with Gasteiger partial charge in [0.1, 0.15) is 10.6 Å². The van der Waals surface area contributed by atoms with Crippen molar-refractivity contribution in [2.75, 3.05) is 23.3 Å². The van der Waals surface area contributed by atoms with Gasteiger partial charge >= 0.3 is 0 Å². The zero-order valence-electron chi connectivity index (χ0n) is 15.3. The van der Waals surface area contributed by atoms with Gasteiger partial charge in [0.05, 0.1) is 5.39 Å². The largest absolute Gasteiger partial charge is 0.372 e. The van der Waals surface area contributed by atoms with E-state index in [1.807, 2.05) is 0 Å². The average Bonchev–Trinajstić information content (AvgIpc) is 2.90. The van der Waals surface area contributed by atoms with Crippen LogP contribution in [-0.2, 0) is 0 Å². The summed E-state index contributed by atoms with van der Waals surface area (Å²) in [4.78, 5) is 13.4. The first-order valence-corrected chi connectivity index (χ1v) is 10.3. The first-order chi connectivity index (χ1) is 12.5. The van der Waals surface area contributed by atoms with Crippen molar-refractivity contribution in [2.24, 2.45) is 5.92 Å². The Kier molecular flexibility index (Phi) is 4.76. The second-order valence-corrected chi connectivity index (χ2v) is 8.69. The predicted molar refractivity (Wildman–Crippen MR) is 112 cm³/mol. The Hall–Kier alpha value is -1.85. The van der Waals surface area contributed by atoms with E-state index in [2.05, 4.69) is 65.2 Å². The number of benzene rings is 1. The molecule has 0 aliphatic carbocycles. The molecule has 1 aromatic carbocycles. The van der Waals surface area contributed by atoms with Crippen LogP contribution in [0.5, 0.6) is 0 Å². The van der Waals surface area contributed by atoms with Crippen LogP contribution >= 0.6 is 22.9 Å². The zero-order valence-corrected chi connectivity index (χ0v) is 16.9. The summed E-state index contributed by atoms with van der Waals surface area (Å²) in [5.41, 5.74) is 3.51. The molecule has 26 heavy (non-hydrogen) atoms. The molecule has 136 valence electrons. The molecule has 1 saturated heterocycles. The number of rotatable bonds is 3. The molecule has 1 aliphatic rings. The standard InChI is InChI=1S/C20H23ClN4S/c1-12-8-10-25(11-9-12)16-6-4-15(5-7-16)22-18-17-13(2)14(3)26-19(17)24-20(21)23-18/h4-7,12H,8-11H2,1-3H3,(H,22,23,24). The molecule has 2 aromatic heterocycles. The van der Waals surface area contributed by atoms with Crippen LogP contribution in [0.3, 0.4) is 0 Å². The summed E-state index contributed by atoms with van der Waals surface area (Å²) in [6, 6.07) is 8.60. The summed E-state index contributed by atoms with van der Waals surface area (Å²) in [7, 11) is 0. The van der Waals surface area contributed by atoms with E-state index >= 15 is 0 Å². The lowest BCUT2D eigenvalue weighted by Crippen LogP contribution is -2.32. The maximum absolute atomic E-state index is 6.13. The van der Waals surface area contributed by atoms with Gasteiger partial charge in [0.15, 0.2) is 0 Å². The van der Waals surface area contributed by atoms with E-state index in [0.29, 0.717) is 0 Å². The summed E-state index contributed by atoms with van der Waals surface area (Å²) in [5.74, 6) is 1.62. The molecule has 0 saturated carbocycles. The smallest absolute Gasteiger partial charge is 0.225 e. The predicted octanol–water partition coefficient (Wildman–Crippen LogP) is 5.94. The van der Waals surface area contributed by atoms with Crippen molar-refractivity contribution in [3.05, 3.63) is 40.0 Å². The second-order valence-electron chi connectivity index (χ2n) is 7.15. The van der Waals surface area contributed by atoms with Gasteiger partial charge in [-0.3, -0.25) is 0 Å². The van der Waals surface area contributed by atoms with Crippen LogP contribution in [-0.4, -0.2) is 23.1 Å². The van der Waals surface area contributed by atoms with Crippen molar-refractivity contribution in [1.29, 1.82) is 0 Å². The van der Waals surface area contributed by atoms with Crippen molar-refractivity contribution in [1.82, 2.24) is 9.97 Å². The van der Waals surface area contributed by atoms with Gasteiger partial charge in [0.2, 0.25) is 5.28 Å². The Bertz CT molecular complexity index is 927. The number of piperidine rings is 1. The van der Waals surface area contributed by atoms with Gasteiger partial charge in [-0.1, -0.05) is 6.92 Å². The lowest BCUT2D eigenvalue weighted by molar-refractivity contribution is 0.438. The first-order valence-electron chi connectivity index (χ1n) is 9.06. The number of aryl methyl sites for hydroxylation is 2. The Morgan fingerprint density at radius 1 is 1.12 bits per heavy atom. The zero-order chi connectivity index (χ0) is 18.3. The molecule has 6 heteroatoms. The Morgan fingerprint density at radius 3 is 2.50 bits per heavy atom. The molecule has 0 radical (unpaired) electrons. The molecule has 4 rings (SSSR count). The molecule has 4 nitrogen and oxygen atoms in total. The second kappa shape index (κ2) is 7.05. The third-order valence-electron chi connectivity index (χ3n) is 5.28. The highest BCUT2D eigenvalue weighted by atomic mass is 35.5. The molecule has 0 unspecified atom stereocenters. The van der Waals surface area contributed by atoms with Crippen molar-refractivity contribution >= 4 is 50.3 Å². The number of fused-ring (bicyclic) bond motifs is 1. The molecule has 1 aliphatic heterocycles. The van der Waals surface area contributed by atoms with E-state index in [1.165, 1.54) is 29.0 Å². The molecule has 0 amide bonds. The minimum atomic E-state index is 0.278. The SMILES string of the molecule is Cc1sc2nc(Cl)nc(Nc3ccc(N4CCC(C)CC4)cc3)c2c1C.